The quantitative estimate of drug-likeness (QED) is 0.799. The summed E-state index contributed by atoms with van der Waals surface area (Å²) >= 11 is 0. The zero-order valence-electron chi connectivity index (χ0n) is 14.6. The Balaban J connectivity index is 1.67. The van der Waals surface area contributed by atoms with Crippen LogP contribution in [0.25, 0.3) is 0 Å². The van der Waals surface area contributed by atoms with E-state index < -0.39 is 0 Å². The van der Waals surface area contributed by atoms with E-state index in [1.165, 1.54) is 5.56 Å². The Morgan fingerprint density at radius 1 is 1.16 bits per heavy atom. The van der Waals surface area contributed by atoms with E-state index >= 15 is 0 Å². The summed E-state index contributed by atoms with van der Waals surface area (Å²) in [5.74, 6) is 2.10. The second-order valence-electron chi connectivity index (χ2n) is 6.01. The van der Waals surface area contributed by atoms with E-state index in [2.05, 4.69) is 17.0 Å². The normalized spacial score (nSPS) is 16.0. The van der Waals surface area contributed by atoms with E-state index in [-0.39, 0.29) is 12.7 Å². The minimum atomic E-state index is -0.107. The molecule has 1 unspecified atom stereocenters. The molecule has 2 aromatic rings. The summed E-state index contributed by atoms with van der Waals surface area (Å²) in [6, 6.07) is 15.9. The van der Waals surface area contributed by atoms with Gasteiger partial charge in [0, 0.05) is 19.6 Å². The number of hydrogen-bond acceptors (Lipinski definition) is 5. The molecule has 0 saturated carbocycles. The molecule has 0 aliphatic carbocycles. The monoisotopic (exact) mass is 343 g/mol. The topological polar surface area (TPSA) is 51.2 Å². The Hall–Kier alpha value is -2.24. The van der Waals surface area contributed by atoms with Crippen LogP contribution >= 0.6 is 0 Å². The molecule has 0 amide bonds. The van der Waals surface area contributed by atoms with Crippen LogP contribution < -0.4 is 14.2 Å². The lowest BCUT2D eigenvalue weighted by molar-refractivity contribution is 0.0480. The van der Waals surface area contributed by atoms with Gasteiger partial charge in [-0.2, -0.15) is 0 Å². The van der Waals surface area contributed by atoms with Gasteiger partial charge in [0.2, 0.25) is 5.75 Å². The third-order valence-electron chi connectivity index (χ3n) is 4.08. The first-order chi connectivity index (χ1) is 12.3. The molecule has 5 heteroatoms. The number of nitrogens with zero attached hydrogens (tertiary/aromatic N) is 1. The van der Waals surface area contributed by atoms with Gasteiger partial charge in [0.05, 0.1) is 13.2 Å². The van der Waals surface area contributed by atoms with Crippen molar-refractivity contribution in [1.82, 2.24) is 4.90 Å². The lowest BCUT2D eigenvalue weighted by atomic mass is 10.2. The summed E-state index contributed by atoms with van der Waals surface area (Å²) in [4.78, 5) is 2.18. The van der Waals surface area contributed by atoms with Crippen molar-refractivity contribution in [3.05, 3.63) is 54.1 Å². The maximum absolute atomic E-state index is 9.38. The first-order valence-corrected chi connectivity index (χ1v) is 8.72. The molecule has 5 nitrogen and oxygen atoms in total. The summed E-state index contributed by atoms with van der Waals surface area (Å²) in [7, 11) is 0. The minimum absolute atomic E-state index is 0.107. The van der Waals surface area contributed by atoms with Gasteiger partial charge >= 0.3 is 0 Å². The molecule has 0 aromatic heterocycles. The second kappa shape index (κ2) is 8.74. The van der Waals surface area contributed by atoms with E-state index in [1.54, 1.807) is 0 Å². The van der Waals surface area contributed by atoms with Crippen molar-refractivity contribution in [3.63, 3.8) is 0 Å². The molecule has 1 aliphatic heterocycles. The average Bonchev–Trinajstić information content (AvgIpc) is 2.63. The van der Waals surface area contributed by atoms with Crippen LogP contribution in [-0.2, 0) is 6.54 Å². The molecule has 3 rings (SSSR count). The lowest BCUT2D eigenvalue weighted by Crippen LogP contribution is -2.41. The van der Waals surface area contributed by atoms with Crippen LogP contribution in [0.3, 0.4) is 0 Å². The van der Waals surface area contributed by atoms with Crippen molar-refractivity contribution in [3.8, 4) is 17.2 Å². The Bertz CT molecular complexity index is 662. The number of aliphatic hydroxyl groups excluding tert-OH is 1. The van der Waals surface area contributed by atoms with Gasteiger partial charge in [0.25, 0.3) is 0 Å². The number of hydrogen-bond donors (Lipinski definition) is 1. The van der Waals surface area contributed by atoms with Gasteiger partial charge in [-0.15, -0.1) is 0 Å². The minimum Gasteiger partial charge on any atom is -0.490 e. The molecule has 0 saturated heterocycles. The van der Waals surface area contributed by atoms with Crippen LogP contribution in [0.1, 0.15) is 12.5 Å². The largest absolute Gasteiger partial charge is 0.490 e. The number of ether oxygens (including phenoxy) is 3. The van der Waals surface area contributed by atoms with Crippen LogP contribution in [0.2, 0.25) is 0 Å². The Morgan fingerprint density at radius 3 is 2.76 bits per heavy atom. The molecule has 1 aliphatic rings. The van der Waals surface area contributed by atoms with Crippen LogP contribution in [-0.4, -0.2) is 49.0 Å². The third kappa shape index (κ3) is 4.65. The highest BCUT2D eigenvalue weighted by atomic mass is 16.6. The number of benzene rings is 2. The van der Waals surface area contributed by atoms with Crippen molar-refractivity contribution in [1.29, 1.82) is 0 Å². The van der Waals surface area contributed by atoms with Crippen molar-refractivity contribution in [2.45, 2.75) is 19.6 Å². The molecular formula is C20H25NO4. The van der Waals surface area contributed by atoms with Crippen molar-refractivity contribution < 1.29 is 19.3 Å². The Morgan fingerprint density at radius 2 is 2.00 bits per heavy atom. The fourth-order valence-electron chi connectivity index (χ4n) is 2.97. The first kappa shape index (κ1) is 17.6. The highest BCUT2D eigenvalue weighted by molar-refractivity contribution is 5.52. The van der Waals surface area contributed by atoms with Crippen LogP contribution in [0.5, 0.6) is 17.2 Å². The maximum atomic E-state index is 9.38. The van der Waals surface area contributed by atoms with E-state index in [4.69, 9.17) is 14.2 Å². The zero-order valence-corrected chi connectivity index (χ0v) is 14.6. The van der Waals surface area contributed by atoms with Gasteiger partial charge < -0.3 is 19.3 Å². The zero-order chi connectivity index (χ0) is 17.5. The molecule has 25 heavy (non-hydrogen) atoms. The van der Waals surface area contributed by atoms with Crippen molar-refractivity contribution in [2.75, 3.05) is 32.9 Å². The number of aliphatic hydroxyl groups is 1. The smallest absolute Gasteiger partial charge is 0.204 e. The molecule has 0 fully saturated rings. The summed E-state index contributed by atoms with van der Waals surface area (Å²) in [6.07, 6.45) is -0.107. The van der Waals surface area contributed by atoms with Crippen LogP contribution in [0.4, 0.5) is 0 Å². The van der Waals surface area contributed by atoms with Gasteiger partial charge in [0.1, 0.15) is 12.7 Å². The van der Waals surface area contributed by atoms with E-state index in [0.29, 0.717) is 37.8 Å². The van der Waals surface area contributed by atoms with E-state index in [1.807, 2.05) is 43.3 Å². The molecule has 1 N–H and O–H groups in total. The highest BCUT2D eigenvalue weighted by Gasteiger charge is 2.26. The summed E-state index contributed by atoms with van der Waals surface area (Å²) in [5, 5.41) is 9.38. The number of rotatable bonds is 8. The SMILES string of the molecule is CCOc1cccc2c1OC(CN(CCO)Cc1ccccc1)CO2. The standard InChI is InChI=1S/C20H25NO4/c1-2-23-18-9-6-10-19-20(18)25-17(15-24-19)14-21(11-12-22)13-16-7-4-3-5-8-16/h3-10,17,22H,2,11-15H2,1H3. The average molecular weight is 343 g/mol. The second-order valence-corrected chi connectivity index (χ2v) is 6.01. The van der Waals surface area contributed by atoms with Crippen LogP contribution in [0.15, 0.2) is 48.5 Å². The molecule has 1 atom stereocenters. The lowest BCUT2D eigenvalue weighted by Gasteiger charge is -2.31. The van der Waals surface area contributed by atoms with Gasteiger partial charge in [-0.05, 0) is 24.6 Å². The highest BCUT2D eigenvalue weighted by Crippen LogP contribution is 2.40. The maximum Gasteiger partial charge on any atom is 0.204 e. The Labute approximate surface area is 148 Å². The molecule has 0 spiro atoms. The molecule has 0 radical (unpaired) electrons. The number of fused-ring (bicyclic) bond motifs is 1. The third-order valence-corrected chi connectivity index (χ3v) is 4.08. The summed E-state index contributed by atoms with van der Waals surface area (Å²) < 4.78 is 17.7. The Kier molecular flexibility index (Phi) is 6.14. The summed E-state index contributed by atoms with van der Waals surface area (Å²) in [5.41, 5.74) is 1.21. The van der Waals surface area contributed by atoms with E-state index in [0.717, 1.165) is 12.3 Å². The van der Waals surface area contributed by atoms with Crippen LogP contribution in [0, 0.1) is 0 Å². The summed E-state index contributed by atoms with van der Waals surface area (Å²) in [6.45, 7) is 5.16. The molecule has 1 heterocycles. The fourth-order valence-corrected chi connectivity index (χ4v) is 2.97. The van der Waals surface area contributed by atoms with Gasteiger partial charge in [0.15, 0.2) is 11.5 Å². The van der Waals surface area contributed by atoms with Gasteiger partial charge in [-0.1, -0.05) is 36.4 Å². The predicted molar refractivity (Wildman–Crippen MR) is 96.3 cm³/mol. The number of para-hydroxylation sites is 1. The van der Waals surface area contributed by atoms with Crippen molar-refractivity contribution in [2.24, 2.45) is 0 Å². The van der Waals surface area contributed by atoms with E-state index in [9.17, 15) is 5.11 Å². The molecule has 2 aromatic carbocycles. The molecule has 134 valence electrons. The van der Waals surface area contributed by atoms with Gasteiger partial charge in [-0.25, -0.2) is 0 Å². The van der Waals surface area contributed by atoms with Crippen molar-refractivity contribution >= 4 is 0 Å². The van der Waals surface area contributed by atoms with Gasteiger partial charge in [-0.3, -0.25) is 4.90 Å². The first-order valence-electron chi connectivity index (χ1n) is 8.72. The molecular weight excluding hydrogens is 318 g/mol. The predicted octanol–water partition coefficient (Wildman–Crippen LogP) is 2.72. The molecule has 0 bridgehead atoms. The fraction of sp³-hybridized carbons (Fsp3) is 0.400.